The van der Waals surface area contributed by atoms with Gasteiger partial charge in [0.2, 0.25) is 23.6 Å². The number of benzene rings is 2. The number of para-hydroxylation sites is 1. The minimum atomic E-state index is -1.09. The Morgan fingerprint density at radius 1 is 0.667 bits per heavy atom. The number of carbonyl (C=O) groups is 4. The Hall–Kier alpha value is -6.53. The number of nitrogens with two attached hydrogens (primary N) is 1. The standard InChI is InChI=1S/C42H45N7O4.4C2H6.CH5N/c1-4-12-32-31(27-45-34(32)5-2)25-38(47-39(50)6-3)42(53)49-37(23-28-13-8-7-9-14-28)41(52)48-36(24-29-17-20-43-21-18-29)40(51)44-22-19-30-26-46-35-16-11-10-15-33(30)35;5*1-2/h4-18,20-21,26-27,36-38,45-46H,2-3,19,22-25H2,1H3,(H,44,51)(H,47,50)(H,48,52)(H,49,53);4*1-2H3;2H2,1H3/b12-4-;;;;;/t36-,37-,38-;;;;;/m0...../s1. The number of allylic oxidation sites excluding steroid dienone is 1. The Bertz CT molecular complexity index is 2070. The first-order valence-corrected chi connectivity index (χ1v) is 22.1. The van der Waals surface area contributed by atoms with Crippen LogP contribution in [-0.4, -0.2) is 70.3 Å². The monoisotopic (exact) mass is 863 g/mol. The topological polar surface area (TPSA) is 187 Å². The average molecular weight is 863 g/mol. The van der Waals surface area contributed by atoms with Crippen molar-refractivity contribution in [3.63, 3.8) is 0 Å². The minimum Gasteiger partial charge on any atom is -0.361 e. The summed E-state index contributed by atoms with van der Waals surface area (Å²) in [5, 5.41) is 12.6. The molecule has 0 saturated carbocycles. The Morgan fingerprint density at radius 3 is 1.76 bits per heavy atom. The molecule has 0 radical (unpaired) electrons. The number of nitrogens with one attached hydrogen (secondary N) is 6. The number of nitrogens with zero attached hydrogens (tertiary/aromatic N) is 1. The minimum absolute atomic E-state index is 0.124. The fourth-order valence-corrected chi connectivity index (χ4v) is 6.20. The second kappa shape index (κ2) is 34.1. The molecule has 0 unspecified atom stereocenters. The van der Waals surface area contributed by atoms with Gasteiger partial charge in [-0.1, -0.05) is 129 Å². The highest BCUT2D eigenvalue weighted by atomic mass is 16.2. The molecule has 12 nitrogen and oxygen atoms in total. The van der Waals surface area contributed by atoms with E-state index in [-0.39, 0.29) is 25.2 Å². The largest absolute Gasteiger partial charge is 0.361 e. The summed E-state index contributed by atoms with van der Waals surface area (Å²) >= 11 is 0. The number of aromatic nitrogens is 3. The van der Waals surface area contributed by atoms with Crippen LogP contribution in [0.5, 0.6) is 0 Å². The van der Waals surface area contributed by atoms with Crippen LogP contribution in [0.4, 0.5) is 0 Å². The smallest absolute Gasteiger partial charge is 0.244 e. The Labute approximate surface area is 376 Å². The normalized spacial score (nSPS) is 11.2. The highest BCUT2D eigenvalue weighted by molar-refractivity contribution is 5.96. The second-order valence-corrected chi connectivity index (χ2v) is 12.6. The maximum absolute atomic E-state index is 14.2. The summed E-state index contributed by atoms with van der Waals surface area (Å²) in [6.45, 7) is 25.6. The Kier molecular flexibility index (Phi) is 30.6. The number of aromatic amines is 2. The van der Waals surface area contributed by atoms with Gasteiger partial charge in [-0.15, -0.1) is 0 Å². The molecule has 0 fully saturated rings. The van der Waals surface area contributed by atoms with Gasteiger partial charge in [-0.05, 0) is 73.0 Å². The molecule has 8 N–H and O–H groups in total. The lowest BCUT2D eigenvalue weighted by Crippen LogP contribution is -2.58. The summed E-state index contributed by atoms with van der Waals surface area (Å²) in [6.07, 6.45) is 14.5. The van der Waals surface area contributed by atoms with Gasteiger partial charge >= 0.3 is 0 Å². The molecule has 3 heterocycles. The van der Waals surface area contributed by atoms with Crippen molar-refractivity contribution in [3.8, 4) is 0 Å². The Balaban J connectivity index is 0.00000358. The molecule has 0 aliphatic heterocycles. The van der Waals surface area contributed by atoms with Gasteiger partial charge in [-0.3, -0.25) is 24.2 Å². The van der Waals surface area contributed by atoms with E-state index in [4.69, 9.17) is 0 Å². The third-order valence-electron chi connectivity index (χ3n) is 8.92. The van der Waals surface area contributed by atoms with Crippen molar-refractivity contribution in [2.45, 2.75) is 106 Å². The maximum atomic E-state index is 14.2. The molecule has 5 rings (SSSR count). The Morgan fingerprint density at radius 2 is 1.19 bits per heavy atom. The number of rotatable bonds is 18. The summed E-state index contributed by atoms with van der Waals surface area (Å²) in [7, 11) is 1.50. The van der Waals surface area contributed by atoms with Gasteiger partial charge in [0.1, 0.15) is 18.1 Å². The van der Waals surface area contributed by atoms with Crippen LogP contribution < -0.4 is 27.0 Å². The van der Waals surface area contributed by atoms with Gasteiger partial charge in [0.15, 0.2) is 0 Å². The van der Waals surface area contributed by atoms with Crippen LogP contribution in [0.15, 0.2) is 117 Å². The molecule has 0 aliphatic carbocycles. The fourth-order valence-electron chi connectivity index (χ4n) is 6.20. The lowest BCUT2D eigenvalue weighted by atomic mass is 10.00. The van der Waals surface area contributed by atoms with E-state index in [1.54, 1.807) is 36.8 Å². The quantitative estimate of drug-likeness (QED) is 0.0435. The van der Waals surface area contributed by atoms with Gasteiger partial charge in [0, 0.05) is 72.8 Å². The van der Waals surface area contributed by atoms with Crippen LogP contribution in [0, 0.1) is 0 Å². The van der Waals surface area contributed by atoms with Crippen molar-refractivity contribution >= 4 is 46.7 Å². The van der Waals surface area contributed by atoms with Crippen molar-refractivity contribution in [1.82, 2.24) is 36.2 Å². The lowest BCUT2D eigenvalue weighted by molar-refractivity contribution is -0.133. The van der Waals surface area contributed by atoms with Crippen molar-refractivity contribution in [1.29, 1.82) is 0 Å². The molecule has 0 saturated heterocycles. The third kappa shape index (κ3) is 19.0. The fraction of sp³-hybridized carbons (Fsp3) is 0.353. The number of carbonyl (C=O) groups excluding carboxylic acids is 4. The number of hydrogen-bond donors (Lipinski definition) is 7. The van der Waals surface area contributed by atoms with E-state index in [1.165, 1.54) is 7.05 Å². The molecule has 3 aromatic heterocycles. The molecule has 5 aromatic rings. The average Bonchev–Trinajstić information content (AvgIpc) is 3.95. The van der Waals surface area contributed by atoms with Crippen molar-refractivity contribution in [2.75, 3.05) is 13.6 Å². The van der Waals surface area contributed by atoms with Gasteiger partial charge in [0.05, 0.1) is 0 Å². The number of pyridine rings is 1. The summed E-state index contributed by atoms with van der Waals surface area (Å²) in [4.78, 5) is 65.0. The first kappa shape index (κ1) is 56.5. The molecule has 342 valence electrons. The lowest BCUT2D eigenvalue weighted by Gasteiger charge is -2.25. The van der Waals surface area contributed by atoms with E-state index in [0.29, 0.717) is 13.0 Å². The molecular formula is C51H74N8O4. The van der Waals surface area contributed by atoms with Crippen LogP contribution in [0.3, 0.4) is 0 Å². The molecule has 2 aromatic carbocycles. The van der Waals surface area contributed by atoms with E-state index >= 15 is 0 Å². The summed E-state index contributed by atoms with van der Waals surface area (Å²) in [5.41, 5.74) is 10.6. The molecule has 4 amide bonds. The number of amides is 4. The SMILES string of the molecule is C=CC(=O)N[C@@H](Cc1c[nH]c(C=C)c1/C=C\C)C(=O)N[C@@H](Cc1ccccc1)C(=O)N[C@@H](Cc1ccncc1)C(=O)NCCc1c[nH]c2ccccc12.CC.CC.CC.CC.CN. The van der Waals surface area contributed by atoms with E-state index < -0.39 is 35.8 Å². The highest BCUT2D eigenvalue weighted by Crippen LogP contribution is 2.20. The number of H-pyrrole nitrogens is 2. The molecular weight excluding hydrogens is 789 g/mol. The van der Waals surface area contributed by atoms with Crippen LogP contribution >= 0.6 is 0 Å². The molecule has 12 heteroatoms. The molecule has 3 atom stereocenters. The van der Waals surface area contributed by atoms with Crippen LogP contribution in [0.25, 0.3) is 23.1 Å². The maximum Gasteiger partial charge on any atom is 0.244 e. The molecule has 0 aliphatic rings. The molecule has 0 spiro atoms. The molecule has 0 bridgehead atoms. The molecule has 63 heavy (non-hydrogen) atoms. The first-order chi connectivity index (χ1) is 30.8. The zero-order valence-electron chi connectivity index (χ0n) is 39.3. The predicted molar refractivity (Wildman–Crippen MR) is 264 cm³/mol. The second-order valence-electron chi connectivity index (χ2n) is 12.6. The van der Waals surface area contributed by atoms with Gasteiger partial charge in [-0.2, -0.15) is 0 Å². The van der Waals surface area contributed by atoms with Gasteiger partial charge in [-0.25, -0.2) is 0 Å². The van der Waals surface area contributed by atoms with Crippen LogP contribution in [-0.2, 0) is 44.9 Å². The summed E-state index contributed by atoms with van der Waals surface area (Å²) in [5.74, 6) is -2.02. The van der Waals surface area contributed by atoms with E-state index in [0.717, 1.165) is 50.5 Å². The van der Waals surface area contributed by atoms with Crippen LogP contribution in [0.2, 0.25) is 0 Å². The zero-order valence-corrected chi connectivity index (χ0v) is 39.3. The van der Waals surface area contributed by atoms with E-state index in [1.807, 2.05) is 135 Å². The summed E-state index contributed by atoms with van der Waals surface area (Å²) in [6, 6.07) is 17.7. The number of hydrogen-bond acceptors (Lipinski definition) is 6. The van der Waals surface area contributed by atoms with E-state index in [9.17, 15) is 19.2 Å². The van der Waals surface area contributed by atoms with E-state index in [2.05, 4.69) is 55.1 Å². The van der Waals surface area contributed by atoms with Gasteiger partial charge < -0.3 is 37.0 Å². The highest BCUT2D eigenvalue weighted by Gasteiger charge is 2.30. The third-order valence-corrected chi connectivity index (χ3v) is 8.92. The first-order valence-electron chi connectivity index (χ1n) is 22.1. The van der Waals surface area contributed by atoms with Crippen molar-refractivity contribution in [3.05, 3.63) is 150 Å². The van der Waals surface area contributed by atoms with Crippen LogP contribution in [0.1, 0.15) is 95.8 Å². The van der Waals surface area contributed by atoms with Crippen molar-refractivity contribution in [2.24, 2.45) is 5.73 Å². The zero-order chi connectivity index (χ0) is 47.6. The van der Waals surface area contributed by atoms with Crippen molar-refractivity contribution < 1.29 is 19.2 Å². The van der Waals surface area contributed by atoms with Gasteiger partial charge in [0.25, 0.3) is 0 Å². The predicted octanol–water partition coefficient (Wildman–Crippen LogP) is 8.27. The number of fused-ring (bicyclic) bond motifs is 1. The summed E-state index contributed by atoms with van der Waals surface area (Å²) < 4.78 is 0.